The molecule has 0 radical (unpaired) electrons. The molecule has 0 bridgehead atoms. The molecule has 1 rings (SSSR count). The average Bonchev–Trinajstić information content (AvgIpc) is 2.43. The number of hydrogen-bond donors (Lipinski definition) is 0. The Balaban J connectivity index is 2.47. The van der Waals surface area contributed by atoms with Gasteiger partial charge in [-0.05, 0) is 11.5 Å². The number of allylic oxidation sites excluding steroid dienone is 1. The van der Waals surface area contributed by atoms with Crippen molar-refractivity contribution in [1.82, 2.24) is 0 Å². The molecule has 2 unspecified atom stereocenters. The Hall–Kier alpha value is -1.61. The minimum absolute atomic E-state index is 0.0354. The van der Waals surface area contributed by atoms with Crippen LogP contribution in [0.4, 0.5) is 0 Å². The van der Waals surface area contributed by atoms with E-state index in [9.17, 15) is 4.79 Å². The van der Waals surface area contributed by atoms with Crippen LogP contribution in [0.15, 0.2) is 43.0 Å². The molecular formula is C15H20O3. The van der Waals surface area contributed by atoms with Crippen molar-refractivity contribution < 1.29 is 14.3 Å². The highest BCUT2D eigenvalue weighted by molar-refractivity contribution is 5.73. The van der Waals surface area contributed by atoms with Gasteiger partial charge in [-0.15, -0.1) is 6.58 Å². The van der Waals surface area contributed by atoms with E-state index in [0.717, 1.165) is 5.56 Å². The first-order chi connectivity index (χ1) is 8.69. The molecule has 0 N–H and O–H groups in total. The second kappa shape index (κ2) is 7.67. The normalized spacial score (nSPS) is 13.7. The highest BCUT2D eigenvalue weighted by atomic mass is 16.5. The molecule has 0 aliphatic carbocycles. The summed E-state index contributed by atoms with van der Waals surface area (Å²) in [7, 11) is 1.39. The lowest BCUT2D eigenvalue weighted by Crippen LogP contribution is -2.27. The fourth-order valence-electron chi connectivity index (χ4n) is 1.63. The van der Waals surface area contributed by atoms with Crippen molar-refractivity contribution in [1.29, 1.82) is 0 Å². The van der Waals surface area contributed by atoms with Gasteiger partial charge in [0.15, 0.2) is 0 Å². The van der Waals surface area contributed by atoms with Crippen LogP contribution in [0.5, 0.6) is 0 Å². The molecule has 1 aromatic rings. The molecule has 18 heavy (non-hydrogen) atoms. The molecule has 98 valence electrons. The van der Waals surface area contributed by atoms with Gasteiger partial charge in [0, 0.05) is 0 Å². The third kappa shape index (κ3) is 4.34. The summed E-state index contributed by atoms with van der Waals surface area (Å²) in [5.41, 5.74) is 1.09. The van der Waals surface area contributed by atoms with Gasteiger partial charge in [-0.2, -0.15) is 0 Å². The number of esters is 1. The molecule has 3 nitrogen and oxygen atoms in total. The molecule has 0 aliphatic heterocycles. The predicted octanol–water partition coefficient (Wildman–Crippen LogP) is 2.81. The van der Waals surface area contributed by atoms with Crippen molar-refractivity contribution in [2.45, 2.75) is 13.5 Å². The van der Waals surface area contributed by atoms with Crippen LogP contribution in [0.3, 0.4) is 0 Å². The quantitative estimate of drug-likeness (QED) is 0.550. The van der Waals surface area contributed by atoms with E-state index < -0.39 is 0 Å². The first kappa shape index (κ1) is 14.5. The van der Waals surface area contributed by atoms with Crippen LogP contribution < -0.4 is 0 Å². The zero-order valence-electron chi connectivity index (χ0n) is 11.0. The van der Waals surface area contributed by atoms with Crippen LogP contribution in [-0.2, 0) is 20.9 Å². The third-order valence-electron chi connectivity index (χ3n) is 2.92. The lowest BCUT2D eigenvalue weighted by Gasteiger charge is -2.18. The van der Waals surface area contributed by atoms with Crippen molar-refractivity contribution in [3.8, 4) is 0 Å². The molecular weight excluding hydrogens is 228 g/mol. The van der Waals surface area contributed by atoms with Crippen LogP contribution in [-0.4, -0.2) is 19.7 Å². The summed E-state index contributed by atoms with van der Waals surface area (Å²) in [6, 6.07) is 9.86. The summed E-state index contributed by atoms with van der Waals surface area (Å²) in [5.74, 6) is -0.514. The number of rotatable bonds is 7. The van der Waals surface area contributed by atoms with Gasteiger partial charge in [-0.25, -0.2) is 0 Å². The summed E-state index contributed by atoms with van der Waals surface area (Å²) in [6.45, 7) is 6.47. The third-order valence-corrected chi connectivity index (χ3v) is 2.92. The van der Waals surface area contributed by atoms with Gasteiger partial charge in [0.25, 0.3) is 0 Å². The van der Waals surface area contributed by atoms with E-state index in [1.54, 1.807) is 6.08 Å². The highest BCUT2D eigenvalue weighted by Gasteiger charge is 2.24. The average molecular weight is 248 g/mol. The molecule has 0 aromatic heterocycles. The Morgan fingerprint density at radius 2 is 2.06 bits per heavy atom. The standard InChI is InChI=1S/C15H20O3/c1-4-12(2)14(15(16)17-3)11-18-10-13-8-6-5-7-9-13/h4-9,12,14H,1,10-11H2,2-3H3. The van der Waals surface area contributed by atoms with Gasteiger partial charge in [-0.1, -0.05) is 43.3 Å². The number of methoxy groups -OCH3 is 1. The molecule has 2 atom stereocenters. The summed E-state index contributed by atoms with van der Waals surface area (Å²) in [6.07, 6.45) is 1.74. The maximum atomic E-state index is 11.6. The van der Waals surface area contributed by atoms with E-state index in [2.05, 4.69) is 6.58 Å². The molecule has 3 heteroatoms. The Morgan fingerprint density at radius 3 is 2.61 bits per heavy atom. The molecule has 0 spiro atoms. The van der Waals surface area contributed by atoms with E-state index in [-0.39, 0.29) is 17.8 Å². The van der Waals surface area contributed by atoms with Crippen molar-refractivity contribution in [2.24, 2.45) is 11.8 Å². The number of carbonyl (C=O) groups excluding carboxylic acids is 1. The maximum Gasteiger partial charge on any atom is 0.311 e. The van der Waals surface area contributed by atoms with Crippen molar-refractivity contribution in [3.05, 3.63) is 48.6 Å². The van der Waals surface area contributed by atoms with Crippen molar-refractivity contribution in [2.75, 3.05) is 13.7 Å². The lowest BCUT2D eigenvalue weighted by molar-refractivity contribution is -0.149. The first-order valence-corrected chi connectivity index (χ1v) is 6.01. The van der Waals surface area contributed by atoms with E-state index in [1.807, 2.05) is 37.3 Å². The van der Waals surface area contributed by atoms with Gasteiger partial charge in [0.1, 0.15) is 0 Å². The fraction of sp³-hybridized carbons (Fsp3) is 0.400. The molecule has 0 heterocycles. The van der Waals surface area contributed by atoms with Gasteiger partial charge in [0.05, 0.1) is 26.2 Å². The minimum Gasteiger partial charge on any atom is -0.469 e. The number of benzene rings is 1. The van der Waals surface area contributed by atoms with Gasteiger partial charge < -0.3 is 9.47 Å². The van der Waals surface area contributed by atoms with Crippen molar-refractivity contribution >= 4 is 5.97 Å². The molecule has 0 fully saturated rings. The van der Waals surface area contributed by atoms with Gasteiger partial charge >= 0.3 is 5.97 Å². The molecule has 0 saturated heterocycles. The van der Waals surface area contributed by atoms with E-state index in [1.165, 1.54) is 7.11 Å². The van der Waals surface area contributed by atoms with E-state index in [4.69, 9.17) is 9.47 Å². The summed E-state index contributed by atoms with van der Waals surface area (Å²) < 4.78 is 10.4. The van der Waals surface area contributed by atoms with Crippen LogP contribution >= 0.6 is 0 Å². The van der Waals surface area contributed by atoms with Crippen LogP contribution in [0.25, 0.3) is 0 Å². The zero-order chi connectivity index (χ0) is 13.4. The largest absolute Gasteiger partial charge is 0.469 e. The minimum atomic E-state index is -0.295. The monoisotopic (exact) mass is 248 g/mol. The Morgan fingerprint density at radius 1 is 1.39 bits per heavy atom. The topological polar surface area (TPSA) is 35.5 Å². The molecule has 1 aromatic carbocycles. The van der Waals surface area contributed by atoms with E-state index >= 15 is 0 Å². The van der Waals surface area contributed by atoms with Crippen LogP contribution in [0.1, 0.15) is 12.5 Å². The molecule has 0 amide bonds. The highest BCUT2D eigenvalue weighted by Crippen LogP contribution is 2.15. The SMILES string of the molecule is C=CC(C)C(COCc1ccccc1)C(=O)OC. The predicted molar refractivity (Wildman–Crippen MR) is 71.0 cm³/mol. The number of ether oxygens (including phenoxy) is 2. The second-order valence-corrected chi connectivity index (χ2v) is 4.23. The summed E-state index contributed by atoms with van der Waals surface area (Å²) >= 11 is 0. The van der Waals surface area contributed by atoms with E-state index in [0.29, 0.717) is 13.2 Å². The lowest BCUT2D eigenvalue weighted by atomic mass is 9.95. The molecule has 0 saturated carbocycles. The Bertz CT molecular complexity index is 373. The first-order valence-electron chi connectivity index (χ1n) is 6.01. The summed E-state index contributed by atoms with van der Waals surface area (Å²) in [5, 5.41) is 0. The van der Waals surface area contributed by atoms with Crippen molar-refractivity contribution in [3.63, 3.8) is 0 Å². The zero-order valence-corrected chi connectivity index (χ0v) is 11.0. The van der Waals surface area contributed by atoms with Crippen LogP contribution in [0.2, 0.25) is 0 Å². The summed E-state index contributed by atoms with van der Waals surface area (Å²) in [4.78, 5) is 11.6. The van der Waals surface area contributed by atoms with Gasteiger partial charge in [0.2, 0.25) is 0 Å². The Labute approximate surface area is 108 Å². The van der Waals surface area contributed by atoms with Gasteiger partial charge in [-0.3, -0.25) is 4.79 Å². The number of hydrogen-bond acceptors (Lipinski definition) is 3. The fourth-order valence-corrected chi connectivity index (χ4v) is 1.63. The smallest absolute Gasteiger partial charge is 0.311 e. The van der Waals surface area contributed by atoms with Crippen LogP contribution in [0, 0.1) is 11.8 Å². The molecule has 0 aliphatic rings. The second-order valence-electron chi connectivity index (χ2n) is 4.23. The number of carbonyl (C=O) groups is 1. The maximum absolute atomic E-state index is 11.6. The Kier molecular flexibility index (Phi) is 6.15.